The molecule has 1 aromatic rings. The summed E-state index contributed by atoms with van der Waals surface area (Å²) in [5.74, 6) is 0.176. The molecule has 92 valence electrons. The zero-order chi connectivity index (χ0) is 12.8. The highest BCUT2D eigenvalue weighted by atomic mass is 16.2. The van der Waals surface area contributed by atoms with Crippen LogP contribution in [0.25, 0.3) is 0 Å². The zero-order valence-corrected chi connectivity index (χ0v) is 11.4. The fourth-order valence-corrected chi connectivity index (χ4v) is 2.23. The fraction of sp³-hybridized carbons (Fsp3) is 0.533. The Bertz CT molecular complexity index is 454. The second-order valence-electron chi connectivity index (χ2n) is 6.15. The second kappa shape index (κ2) is 3.86. The Morgan fingerprint density at radius 1 is 1.24 bits per heavy atom. The van der Waals surface area contributed by atoms with E-state index in [2.05, 4.69) is 46.8 Å². The van der Waals surface area contributed by atoms with Crippen molar-refractivity contribution in [1.29, 1.82) is 0 Å². The van der Waals surface area contributed by atoms with Crippen LogP contribution in [0.4, 0.5) is 0 Å². The molecule has 2 heteroatoms. The largest absolute Gasteiger partial charge is 0.332 e. The zero-order valence-electron chi connectivity index (χ0n) is 11.4. The summed E-state index contributed by atoms with van der Waals surface area (Å²) in [5, 5.41) is 0. The van der Waals surface area contributed by atoms with Crippen LogP contribution in [0.5, 0.6) is 0 Å². The number of benzene rings is 1. The molecule has 1 amide bonds. The first-order valence-electron chi connectivity index (χ1n) is 6.25. The number of nitrogens with zero attached hydrogens (tertiary/aromatic N) is 1. The van der Waals surface area contributed by atoms with Crippen LogP contribution in [-0.2, 0) is 12.0 Å². The predicted molar refractivity (Wildman–Crippen MR) is 70.2 cm³/mol. The molecule has 1 aromatic carbocycles. The van der Waals surface area contributed by atoms with Crippen molar-refractivity contribution < 1.29 is 4.79 Å². The molecule has 0 saturated carbocycles. The van der Waals surface area contributed by atoms with Crippen LogP contribution in [0.3, 0.4) is 0 Å². The van der Waals surface area contributed by atoms with Gasteiger partial charge in [-0.2, -0.15) is 0 Å². The summed E-state index contributed by atoms with van der Waals surface area (Å²) in [6, 6.07) is 6.53. The Balaban J connectivity index is 2.40. The van der Waals surface area contributed by atoms with Crippen molar-refractivity contribution in [2.75, 3.05) is 0 Å². The summed E-state index contributed by atoms with van der Waals surface area (Å²) < 4.78 is 0. The molecule has 1 aliphatic heterocycles. The normalized spacial score (nSPS) is 15.6. The molecule has 2 nitrogen and oxygen atoms in total. The van der Waals surface area contributed by atoms with Gasteiger partial charge in [0.1, 0.15) is 0 Å². The van der Waals surface area contributed by atoms with Gasteiger partial charge in [-0.3, -0.25) is 4.79 Å². The molecule has 0 aromatic heterocycles. The van der Waals surface area contributed by atoms with E-state index in [4.69, 9.17) is 0 Å². The molecule has 17 heavy (non-hydrogen) atoms. The highest BCUT2D eigenvalue weighted by Gasteiger charge is 2.29. The molecule has 0 fully saturated rings. The average molecular weight is 231 g/mol. The van der Waals surface area contributed by atoms with Crippen molar-refractivity contribution >= 4 is 5.91 Å². The third-order valence-electron chi connectivity index (χ3n) is 3.43. The van der Waals surface area contributed by atoms with E-state index in [1.165, 1.54) is 11.1 Å². The van der Waals surface area contributed by atoms with Crippen LogP contribution in [0.2, 0.25) is 0 Å². The Morgan fingerprint density at radius 3 is 2.41 bits per heavy atom. The number of hydrogen-bond donors (Lipinski definition) is 0. The van der Waals surface area contributed by atoms with Crippen LogP contribution in [0.15, 0.2) is 18.2 Å². The third kappa shape index (κ3) is 2.08. The molecule has 0 bridgehead atoms. The quantitative estimate of drug-likeness (QED) is 0.726. The summed E-state index contributed by atoms with van der Waals surface area (Å²) >= 11 is 0. The van der Waals surface area contributed by atoms with Crippen molar-refractivity contribution in [2.24, 2.45) is 0 Å². The number of carbonyl (C=O) groups is 1. The van der Waals surface area contributed by atoms with Gasteiger partial charge in [-0.05, 0) is 36.5 Å². The maximum atomic E-state index is 12.1. The fourth-order valence-electron chi connectivity index (χ4n) is 2.23. The number of fused-ring (bicyclic) bond motifs is 1. The van der Waals surface area contributed by atoms with Gasteiger partial charge in [-0.1, -0.05) is 32.9 Å². The smallest absolute Gasteiger partial charge is 0.254 e. The van der Waals surface area contributed by atoms with Gasteiger partial charge in [0.25, 0.3) is 5.91 Å². The number of carbonyl (C=O) groups excluding carboxylic acids is 1. The summed E-state index contributed by atoms with van der Waals surface area (Å²) in [6.07, 6.45) is 0. The molecule has 0 aliphatic carbocycles. The van der Waals surface area contributed by atoms with Crippen molar-refractivity contribution in [2.45, 2.75) is 52.6 Å². The topological polar surface area (TPSA) is 20.3 Å². The Morgan fingerprint density at radius 2 is 1.88 bits per heavy atom. The van der Waals surface area contributed by atoms with Crippen LogP contribution in [0.1, 0.15) is 56.1 Å². The van der Waals surface area contributed by atoms with Gasteiger partial charge in [0.2, 0.25) is 0 Å². The maximum Gasteiger partial charge on any atom is 0.254 e. The van der Waals surface area contributed by atoms with Gasteiger partial charge in [0, 0.05) is 18.2 Å². The molecule has 1 heterocycles. The van der Waals surface area contributed by atoms with Gasteiger partial charge in [0.05, 0.1) is 0 Å². The van der Waals surface area contributed by atoms with E-state index in [9.17, 15) is 4.79 Å². The van der Waals surface area contributed by atoms with E-state index in [0.717, 1.165) is 12.1 Å². The lowest BCUT2D eigenvalue weighted by molar-refractivity contribution is 0.0730. The highest BCUT2D eigenvalue weighted by Crippen LogP contribution is 2.30. The molecule has 0 atom stereocenters. The predicted octanol–water partition coefficient (Wildman–Crippen LogP) is 3.35. The van der Waals surface area contributed by atoms with E-state index in [-0.39, 0.29) is 17.4 Å². The maximum absolute atomic E-state index is 12.1. The number of hydrogen-bond acceptors (Lipinski definition) is 1. The van der Waals surface area contributed by atoms with Gasteiger partial charge in [0.15, 0.2) is 0 Å². The van der Waals surface area contributed by atoms with Crippen molar-refractivity contribution in [3.63, 3.8) is 0 Å². The molecule has 2 rings (SSSR count). The molecule has 0 N–H and O–H groups in total. The van der Waals surface area contributed by atoms with E-state index in [1.54, 1.807) is 0 Å². The van der Waals surface area contributed by atoms with E-state index in [0.29, 0.717) is 0 Å². The first kappa shape index (κ1) is 12.2. The minimum absolute atomic E-state index is 0.142. The lowest BCUT2D eigenvalue weighted by atomic mass is 9.85. The van der Waals surface area contributed by atoms with E-state index < -0.39 is 0 Å². The summed E-state index contributed by atoms with van der Waals surface area (Å²) in [5.41, 5.74) is 3.50. The highest BCUT2D eigenvalue weighted by molar-refractivity contribution is 5.98. The molecule has 0 spiro atoms. The molecule has 1 aliphatic rings. The van der Waals surface area contributed by atoms with Crippen LogP contribution >= 0.6 is 0 Å². The average Bonchev–Trinajstić information content (AvgIpc) is 2.54. The molecule has 0 radical (unpaired) electrons. The Kier molecular flexibility index (Phi) is 2.76. The van der Waals surface area contributed by atoms with E-state index >= 15 is 0 Å². The number of amides is 1. The third-order valence-corrected chi connectivity index (χ3v) is 3.43. The number of rotatable bonds is 1. The lowest BCUT2D eigenvalue weighted by Crippen LogP contribution is -2.30. The van der Waals surface area contributed by atoms with Crippen molar-refractivity contribution in [3.05, 3.63) is 34.9 Å². The van der Waals surface area contributed by atoms with Crippen LogP contribution in [-0.4, -0.2) is 16.8 Å². The lowest BCUT2D eigenvalue weighted by Gasteiger charge is -2.20. The minimum atomic E-state index is 0.142. The summed E-state index contributed by atoms with van der Waals surface area (Å²) in [7, 11) is 0. The second-order valence-corrected chi connectivity index (χ2v) is 6.15. The monoisotopic (exact) mass is 231 g/mol. The van der Waals surface area contributed by atoms with Gasteiger partial charge < -0.3 is 4.90 Å². The van der Waals surface area contributed by atoms with Gasteiger partial charge in [-0.15, -0.1) is 0 Å². The Hall–Kier alpha value is -1.31. The minimum Gasteiger partial charge on any atom is -0.332 e. The molecular weight excluding hydrogens is 210 g/mol. The van der Waals surface area contributed by atoms with E-state index in [1.807, 2.05) is 11.0 Å². The van der Waals surface area contributed by atoms with Crippen molar-refractivity contribution in [1.82, 2.24) is 4.90 Å². The Labute approximate surface area is 104 Å². The van der Waals surface area contributed by atoms with Crippen LogP contribution < -0.4 is 0 Å². The van der Waals surface area contributed by atoms with Crippen LogP contribution in [0, 0.1) is 0 Å². The molecular formula is C15H21NO. The first-order valence-corrected chi connectivity index (χ1v) is 6.25. The molecule has 0 unspecified atom stereocenters. The van der Waals surface area contributed by atoms with Gasteiger partial charge >= 0.3 is 0 Å². The summed E-state index contributed by atoms with van der Waals surface area (Å²) in [4.78, 5) is 14.1. The first-order chi connectivity index (χ1) is 7.80. The van der Waals surface area contributed by atoms with Gasteiger partial charge in [-0.25, -0.2) is 0 Å². The SMILES string of the molecule is CC(C)N1Cc2cc(C(C)(C)C)ccc2C1=O. The molecule has 0 saturated heterocycles. The van der Waals surface area contributed by atoms with Crippen molar-refractivity contribution in [3.8, 4) is 0 Å². The summed E-state index contributed by atoms with van der Waals surface area (Å²) in [6.45, 7) is 11.5. The standard InChI is InChI=1S/C15H21NO/c1-10(2)16-9-11-8-12(15(3,4)5)6-7-13(11)14(16)17/h6-8,10H,9H2,1-5H3.